The largest absolute Gasteiger partial charge is 0.298 e. The Hall–Kier alpha value is -1.69. The Labute approximate surface area is 150 Å². The average Bonchev–Trinajstić information content (AvgIpc) is 2.59. The highest BCUT2D eigenvalue weighted by Crippen LogP contribution is 2.43. The number of rotatable bonds is 3. The summed E-state index contributed by atoms with van der Waals surface area (Å²) in [6, 6.07) is 17.4. The SMILES string of the molecule is C.CCCC1CN2C(c3ccccc3)c3cccc(c3)S(=O)(=O)OC12. The summed E-state index contributed by atoms with van der Waals surface area (Å²) < 4.78 is 30.7. The minimum atomic E-state index is -3.71. The molecule has 0 spiro atoms. The molecule has 0 radical (unpaired) electrons. The molecule has 0 N–H and O–H groups in total. The van der Waals surface area contributed by atoms with Gasteiger partial charge in [0.25, 0.3) is 10.1 Å². The Kier molecular flexibility index (Phi) is 5.00. The van der Waals surface area contributed by atoms with Gasteiger partial charge in [-0.2, -0.15) is 8.42 Å². The van der Waals surface area contributed by atoms with Crippen LogP contribution in [0.25, 0.3) is 0 Å². The molecule has 2 bridgehead atoms. The van der Waals surface area contributed by atoms with Gasteiger partial charge < -0.3 is 0 Å². The van der Waals surface area contributed by atoms with Crippen molar-refractivity contribution in [2.75, 3.05) is 6.54 Å². The quantitative estimate of drug-likeness (QED) is 0.771. The van der Waals surface area contributed by atoms with Gasteiger partial charge in [0.2, 0.25) is 0 Å². The highest BCUT2D eigenvalue weighted by Gasteiger charge is 2.47. The average molecular weight is 359 g/mol. The molecule has 3 atom stereocenters. The van der Waals surface area contributed by atoms with Crippen molar-refractivity contribution in [3.63, 3.8) is 0 Å². The maximum absolute atomic E-state index is 12.6. The second kappa shape index (κ2) is 6.90. The minimum Gasteiger partial charge on any atom is -0.265 e. The molecule has 5 heteroatoms. The first-order valence-corrected chi connectivity index (χ1v) is 9.85. The van der Waals surface area contributed by atoms with Gasteiger partial charge in [-0.1, -0.05) is 63.2 Å². The molecular weight excluding hydrogens is 334 g/mol. The lowest BCUT2D eigenvalue weighted by Crippen LogP contribution is -2.59. The predicted molar refractivity (Wildman–Crippen MR) is 98.6 cm³/mol. The highest BCUT2D eigenvalue weighted by molar-refractivity contribution is 7.86. The molecule has 25 heavy (non-hydrogen) atoms. The van der Waals surface area contributed by atoms with Gasteiger partial charge in [-0.3, -0.25) is 4.90 Å². The zero-order valence-electron chi connectivity index (χ0n) is 13.6. The molecule has 4 rings (SSSR count). The molecule has 2 heterocycles. The second-order valence-corrected chi connectivity index (χ2v) is 8.14. The summed E-state index contributed by atoms with van der Waals surface area (Å²) in [5, 5.41) is 0. The Balaban J connectivity index is 0.00000182. The van der Waals surface area contributed by atoms with Crippen LogP contribution in [0.1, 0.15) is 44.4 Å². The Bertz CT molecular complexity index is 835. The third-order valence-electron chi connectivity index (χ3n) is 4.97. The first kappa shape index (κ1) is 18.1. The van der Waals surface area contributed by atoms with Gasteiger partial charge in [-0.05, 0) is 29.7 Å². The fraction of sp³-hybridized carbons (Fsp3) is 0.400. The molecule has 134 valence electrons. The molecule has 0 saturated carbocycles. The molecule has 1 saturated heterocycles. The smallest absolute Gasteiger partial charge is 0.265 e. The fourth-order valence-electron chi connectivity index (χ4n) is 3.82. The van der Waals surface area contributed by atoms with Crippen molar-refractivity contribution in [2.24, 2.45) is 5.92 Å². The van der Waals surface area contributed by atoms with Gasteiger partial charge in [0.1, 0.15) is 6.23 Å². The summed E-state index contributed by atoms with van der Waals surface area (Å²) in [6.07, 6.45) is 1.63. The summed E-state index contributed by atoms with van der Waals surface area (Å²) in [6.45, 7) is 2.98. The van der Waals surface area contributed by atoms with Crippen molar-refractivity contribution < 1.29 is 12.6 Å². The summed E-state index contributed by atoms with van der Waals surface area (Å²) in [7, 11) is -3.71. The van der Waals surface area contributed by atoms with E-state index in [9.17, 15) is 8.42 Å². The van der Waals surface area contributed by atoms with Gasteiger partial charge in [0.15, 0.2) is 0 Å². The fourth-order valence-corrected chi connectivity index (χ4v) is 4.99. The molecule has 1 fully saturated rings. The van der Waals surface area contributed by atoms with Crippen LogP contribution < -0.4 is 0 Å². The van der Waals surface area contributed by atoms with E-state index in [4.69, 9.17) is 4.18 Å². The van der Waals surface area contributed by atoms with Crippen molar-refractivity contribution in [1.82, 2.24) is 4.90 Å². The molecule has 2 aliphatic heterocycles. The van der Waals surface area contributed by atoms with Crippen molar-refractivity contribution in [2.45, 2.75) is 44.4 Å². The van der Waals surface area contributed by atoms with Crippen molar-refractivity contribution >= 4 is 10.1 Å². The standard InChI is InChI=1S/C19H21NO3S.CH4/c1-2-7-16-13-20-18(14-8-4-3-5-9-14)15-10-6-11-17(12-15)24(21,22)23-19(16)20;/h3-6,8-12,16,18-19H,2,7,13H2,1H3;1H4. The predicted octanol–water partition coefficient (Wildman–Crippen LogP) is 4.19. The van der Waals surface area contributed by atoms with E-state index >= 15 is 0 Å². The highest BCUT2D eigenvalue weighted by atomic mass is 32.2. The molecule has 0 amide bonds. The monoisotopic (exact) mass is 359 g/mol. The lowest BCUT2D eigenvalue weighted by molar-refractivity contribution is -0.128. The summed E-state index contributed by atoms with van der Waals surface area (Å²) in [4.78, 5) is 2.42. The van der Waals surface area contributed by atoms with E-state index < -0.39 is 10.1 Å². The van der Waals surface area contributed by atoms with E-state index in [1.54, 1.807) is 18.2 Å². The summed E-state index contributed by atoms with van der Waals surface area (Å²) >= 11 is 0. The van der Waals surface area contributed by atoms with Gasteiger partial charge in [-0.25, -0.2) is 4.18 Å². The van der Waals surface area contributed by atoms with E-state index in [1.807, 2.05) is 24.3 Å². The second-order valence-electron chi connectivity index (χ2n) is 6.57. The molecule has 0 aromatic heterocycles. The molecule has 2 aromatic carbocycles. The van der Waals surface area contributed by atoms with E-state index in [-0.39, 0.29) is 30.5 Å². The van der Waals surface area contributed by atoms with Crippen LogP contribution >= 0.6 is 0 Å². The van der Waals surface area contributed by atoms with Gasteiger partial charge in [0, 0.05) is 12.5 Å². The van der Waals surface area contributed by atoms with Crippen LogP contribution in [-0.4, -0.2) is 26.1 Å². The van der Waals surface area contributed by atoms with Crippen molar-refractivity contribution in [3.05, 3.63) is 65.7 Å². The van der Waals surface area contributed by atoms with E-state index in [0.29, 0.717) is 0 Å². The molecule has 4 nitrogen and oxygen atoms in total. The Morgan fingerprint density at radius 1 is 1.08 bits per heavy atom. The Morgan fingerprint density at radius 2 is 1.80 bits per heavy atom. The van der Waals surface area contributed by atoms with Crippen LogP contribution in [-0.2, 0) is 14.3 Å². The number of fused-ring (bicyclic) bond motifs is 3. The molecule has 0 aliphatic carbocycles. The zero-order valence-corrected chi connectivity index (χ0v) is 14.4. The van der Waals surface area contributed by atoms with E-state index in [0.717, 1.165) is 30.5 Å². The van der Waals surface area contributed by atoms with Gasteiger partial charge in [-0.15, -0.1) is 0 Å². The van der Waals surface area contributed by atoms with Crippen LogP contribution in [0.3, 0.4) is 0 Å². The normalized spacial score (nSPS) is 27.2. The van der Waals surface area contributed by atoms with Gasteiger partial charge >= 0.3 is 0 Å². The number of hydrogen-bond acceptors (Lipinski definition) is 4. The van der Waals surface area contributed by atoms with Crippen LogP contribution in [0.15, 0.2) is 59.5 Å². The van der Waals surface area contributed by atoms with Crippen LogP contribution in [0.5, 0.6) is 0 Å². The molecule has 2 aromatic rings. The number of benzene rings is 2. The Morgan fingerprint density at radius 3 is 2.52 bits per heavy atom. The maximum Gasteiger partial charge on any atom is 0.298 e. The van der Waals surface area contributed by atoms with Crippen molar-refractivity contribution in [3.8, 4) is 0 Å². The zero-order chi connectivity index (χ0) is 16.7. The van der Waals surface area contributed by atoms with Crippen LogP contribution in [0, 0.1) is 5.92 Å². The maximum atomic E-state index is 12.6. The first-order chi connectivity index (χ1) is 11.6. The molecular formula is C20H25NO3S. The summed E-state index contributed by atoms with van der Waals surface area (Å²) in [5.41, 5.74) is 2.17. The number of nitrogens with zero attached hydrogens (tertiary/aromatic N) is 1. The molecule has 3 unspecified atom stereocenters. The van der Waals surface area contributed by atoms with Gasteiger partial charge in [0.05, 0.1) is 10.9 Å². The number of hydrogen-bond donors (Lipinski definition) is 0. The van der Waals surface area contributed by atoms with E-state index in [1.165, 1.54) is 0 Å². The lowest BCUT2D eigenvalue weighted by Gasteiger charge is -2.51. The third-order valence-corrected chi connectivity index (χ3v) is 6.25. The summed E-state index contributed by atoms with van der Waals surface area (Å²) in [5.74, 6) is 0.264. The van der Waals surface area contributed by atoms with Crippen molar-refractivity contribution in [1.29, 1.82) is 0 Å². The lowest BCUT2D eigenvalue weighted by atomic mass is 9.86. The topological polar surface area (TPSA) is 46.6 Å². The third kappa shape index (κ3) is 3.12. The molecule has 2 aliphatic rings. The van der Waals surface area contributed by atoms with Crippen LogP contribution in [0.4, 0.5) is 0 Å². The minimum absolute atomic E-state index is 0. The first-order valence-electron chi connectivity index (χ1n) is 8.44. The van der Waals surface area contributed by atoms with E-state index in [2.05, 4.69) is 24.0 Å². The van der Waals surface area contributed by atoms with Crippen LogP contribution in [0.2, 0.25) is 0 Å².